The molecule has 1 aliphatic heterocycles. The average molecular weight is 482 g/mol. The molecule has 3 aliphatic rings. The number of benzene rings is 2. The summed E-state index contributed by atoms with van der Waals surface area (Å²) in [5, 5.41) is 4.33. The third-order valence-corrected chi connectivity index (χ3v) is 7.92. The van der Waals surface area contributed by atoms with Gasteiger partial charge in [-0.3, -0.25) is 9.59 Å². The first-order valence-electron chi connectivity index (χ1n) is 10.5. The Balaban J connectivity index is 1.72. The van der Waals surface area contributed by atoms with Gasteiger partial charge >= 0.3 is 0 Å². The lowest BCUT2D eigenvalue weighted by Crippen LogP contribution is -2.47. The topological polar surface area (TPSA) is 46.2 Å². The molecule has 32 heavy (non-hydrogen) atoms. The molecule has 0 aromatic heterocycles. The molecule has 1 amide bonds. The third kappa shape index (κ3) is 3.45. The van der Waals surface area contributed by atoms with Gasteiger partial charge in [-0.15, -0.1) is 11.8 Å². The maximum atomic E-state index is 13.7. The summed E-state index contributed by atoms with van der Waals surface area (Å²) in [5.74, 6) is -0.346. The van der Waals surface area contributed by atoms with E-state index in [1.54, 1.807) is 23.9 Å². The molecule has 2 aliphatic carbocycles. The predicted molar refractivity (Wildman–Crippen MR) is 132 cm³/mol. The smallest absolute Gasteiger partial charge is 0.239 e. The van der Waals surface area contributed by atoms with Gasteiger partial charge in [0.05, 0.1) is 5.41 Å². The highest BCUT2D eigenvalue weighted by Crippen LogP contribution is 2.54. The first-order valence-corrected chi connectivity index (χ1v) is 12.5. The Hall–Kier alpha value is -2.27. The third-order valence-electron chi connectivity index (χ3n) is 6.68. The molecule has 0 fully saturated rings. The second-order valence-corrected chi connectivity index (χ2v) is 10.2. The summed E-state index contributed by atoms with van der Waals surface area (Å²) in [6.45, 7) is 0. The van der Waals surface area contributed by atoms with Crippen LogP contribution in [0.1, 0.15) is 24.0 Å². The first kappa shape index (κ1) is 21.6. The van der Waals surface area contributed by atoms with Crippen molar-refractivity contribution in [2.45, 2.75) is 23.2 Å². The number of nitrogens with one attached hydrogen (secondary N) is 1. The maximum absolute atomic E-state index is 13.7. The van der Waals surface area contributed by atoms with Gasteiger partial charge in [0, 0.05) is 32.6 Å². The molecular weight excluding hydrogens is 461 g/mol. The Kier molecular flexibility index (Phi) is 5.56. The van der Waals surface area contributed by atoms with Gasteiger partial charge in [-0.25, -0.2) is 0 Å². The number of hydrogen-bond donors (Lipinski definition) is 1. The van der Waals surface area contributed by atoms with E-state index >= 15 is 0 Å². The molecule has 0 radical (unpaired) electrons. The van der Waals surface area contributed by atoms with Gasteiger partial charge in [-0.05, 0) is 66.0 Å². The normalized spacial score (nSPS) is 26.6. The number of fused-ring (bicyclic) bond motifs is 2. The van der Waals surface area contributed by atoms with Crippen LogP contribution in [0.2, 0.25) is 5.02 Å². The average Bonchev–Trinajstić information content (AvgIpc) is 3.05. The fourth-order valence-electron chi connectivity index (χ4n) is 5.19. The number of anilines is 1. The molecule has 2 aromatic rings. The van der Waals surface area contributed by atoms with Crippen molar-refractivity contribution < 1.29 is 9.59 Å². The van der Waals surface area contributed by atoms with Crippen LogP contribution in [0, 0.1) is 11.8 Å². The minimum atomic E-state index is -0.970. The van der Waals surface area contributed by atoms with Gasteiger partial charge in [0.2, 0.25) is 5.91 Å². The highest BCUT2D eigenvalue weighted by Gasteiger charge is 2.56. The summed E-state index contributed by atoms with van der Waals surface area (Å²) in [5.41, 5.74) is 2.03. The number of thioether (sulfide) groups is 1. The molecule has 1 N–H and O–H groups in total. The number of ketones is 1. The molecule has 1 unspecified atom stereocenters. The van der Waals surface area contributed by atoms with Crippen molar-refractivity contribution in [2.75, 3.05) is 11.6 Å². The highest BCUT2D eigenvalue weighted by atomic mass is 35.5. The van der Waals surface area contributed by atoms with E-state index in [2.05, 4.69) is 11.4 Å². The zero-order valence-electron chi connectivity index (χ0n) is 17.4. The molecule has 2 aromatic carbocycles. The molecule has 1 spiro atoms. The predicted octanol–water partition coefficient (Wildman–Crippen LogP) is 6.62. The van der Waals surface area contributed by atoms with Crippen molar-refractivity contribution >= 4 is 57.9 Å². The quantitative estimate of drug-likeness (QED) is 0.500. The molecule has 0 saturated heterocycles. The lowest BCUT2D eigenvalue weighted by molar-refractivity contribution is -0.123. The minimum absolute atomic E-state index is 0.0286. The number of rotatable bonds is 3. The molecule has 3 atom stereocenters. The molecule has 5 rings (SSSR count). The fourth-order valence-corrected chi connectivity index (χ4v) is 6.07. The second-order valence-electron chi connectivity index (χ2n) is 8.40. The van der Waals surface area contributed by atoms with Gasteiger partial charge in [-0.2, -0.15) is 0 Å². The largest absolute Gasteiger partial charge is 0.325 e. The summed E-state index contributed by atoms with van der Waals surface area (Å²) < 4.78 is 0. The van der Waals surface area contributed by atoms with E-state index in [-0.39, 0.29) is 29.9 Å². The number of halogens is 2. The van der Waals surface area contributed by atoms with Crippen LogP contribution >= 0.6 is 35.0 Å². The van der Waals surface area contributed by atoms with Crippen molar-refractivity contribution in [2.24, 2.45) is 11.8 Å². The molecular formula is C26H21Cl2NO2S. The van der Waals surface area contributed by atoms with Crippen LogP contribution in [0.4, 0.5) is 5.69 Å². The molecule has 162 valence electrons. The van der Waals surface area contributed by atoms with E-state index in [1.165, 1.54) is 0 Å². The number of carbonyl (C=O) groups excluding carboxylic acids is 2. The minimum Gasteiger partial charge on any atom is -0.325 e. The number of amides is 1. The Morgan fingerprint density at radius 3 is 2.72 bits per heavy atom. The van der Waals surface area contributed by atoms with E-state index in [0.717, 1.165) is 21.1 Å². The maximum Gasteiger partial charge on any atom is 0.239 e. The van der Waals surface area contributed by atoms with Crippen LogP contribution in [0.15, 0.2) is 76.7 Å². The van der Waals surface area contributed by atoms with Gasteiger partial charge in [0.1, 0.15) is 0 Å². The van der Waals surface area contributed by atoms with E-state index < -0.39 is 5.41 Å². The fraction of sp³-hybridized carbons (Fsp3) is 0.231. The number of carbonyl (C=O) groups is 2. The highest BCUT2D eigenvalue weighted by molar-refractivity contribution is 7.98. The summed E-state index contributed by atoms with van der Waals surface area (Å²) in [6.07, 6.45) is 10.6. The molecule has 6 heteroatoms. The Bertz CT molecular complexity index is 1230. The van der Waals surface area contributed by atoms with E-state index in [0.29, 0.717) is 22.7 Å². The van der Waals surface area contributed by atoms with Crippen LogP contribution in [0.3, 0.4) is 0 Å². The van der Waals surface area contributed by atoms with Crippen LogP contribution in [-0.2, 0) is 15.0 Å². The van der Waals surface area contributed by atoms with Crippen molar-refractivity contribution in [1.29, 1.82) is 0 Å². The van der Waals surface area contributed by atoms with Crippen molar-refractivity contribution in [3.63, 3.8) is 0 Å². The zero-order chi connectivity index (χ0) is 22.5. The van der Waals surface area contributed by atoms with Crippen LogP contribution in [0.25, 0.3) is 5.57 Å². The van der Waals surface area contributed by atoms with Crippen LogP contribution in [0.5, 0.6) is 0 Å². The lowest BCUT2D eigenvalue weighted by Gasteiger charge is -2.41. The van der Waals surface area contributed by atoms with Crippen LogP contribution in [-0.4, -0.2) is 17.9 Å². The lowest BCUT2D eigenvalue weighted by atomic mass is 9.59. The molecule has 0 bridgehead atoms. The number of allylic oxidation sites excluding steroid dienone is 5. The van der Waals surface area contributed by atoms with E-state index in [4.69, 9.17) is 23.2 Å². The SMILES string of the molecule is CSc1cccc(C2=C[C@@]3(C(=O)Nc4cc(Cl)ccc43)[C@H](C3C=CC=C(Cl)C3)CC2=O)c1. The summed E-state index contributed by atoms with van der Waals surface area (Å²) in [4.78, 5) is 28.2. The monoisotopic (exact) mass is 481 g/mol. The zero-order valence-corrected chi connectivity index (χ0v) is 19.7. The first-order chi connectivity index (χ1) is 15.4. The Morgan fingerprint density at radius 1 is 1.09 bits per heavy atom. The van der Waals surface area contributed by atoms with E-state index in [1.807, 2.05) is 54.8 Å². The summed E-state index contributed by atoms with van der Waals surface area (Å²) in [7, 11) is 0. The molecule has 3 nitrogen and oxygen atoms in total. The van der Waals surface area contributed by atoms with Crippen molar-refractivity contribution in [3.05, 3.63) is 88.0 Å². The van der Waals surface area contributed by atoms with Gasteiger partial charge < -0.3 is 5.32 Å². The van der Waals surface area contributed by atoms with Gasteiger partial charge in [0.25, 0.3) is 0 Å². The number of hydrogen-bond acceptors (Lipinski definition) is 3. The summed E-state index contributed by atoms with van der Waals surface area (Å²) >= 11 is 14.2. The Labute approximate surface area is 201 Å². The molecule has 1 heterocycles. The van der Waals surface area contributed by atoms with E-state index in [9.17, 15) is 9.59 Å². The standard InChI is InChI=1S/C26H21Cl2NO2S/c1-32-19-7-3-4-15(11-19)20-14-26(21-9-8-18(28)12-23(21)29-25(26)31)22(13-24(20)30)16-5-2-6-17(27)10-16/h2-9,11-12,14,16,22H,10,13H2,1H3,(H,29,31)/t16?,22-,26-/m0/s1. The Morgan fingerprint density at radius 2 is 1.94 bits per heavy atom. The van der Waals surface area contributed by atoms with Crippen LogP contribution < -0.4 is 5.32 Å². The van der Waals surface area contributed by atoms with Crippen molar-refractivity contribution in [3.8, 4) is 0 Å². The van der Waals surface area contributed by atoms with Gasteiger partial charge in [-0.1, -0.05) is 59.6 Å². The second kappa shape index (κ2) is 8.26. The summed E-state index contributed by atoms with van der Waals surface area (Å²) in [6, 6.07) is 13.4. The molecule has 0 saturated carbocycles. The van der Waals surface area contributed by atoms with Crippen molar-refractivity contribution in [1.82, 2.24) is 0 Å². The number of Topliss-reactive ketones (excluding diaryl/α,β-unsaturated/α-hetero) is 1. The van der Waals surface area contributed by atoms with Gasteiger partial charge in [0.15, 0.2) is 5.78 Å².